The maximum atomic E-state index is 5.25. The first kappa shape index (κ1) is 11.2. The quantitative estimate of drug-likeness (QED) is 0.850. The van der Waals surface area contributed by atoms with Crippen molar-refractivity contribution < 1.29 is 4.52 Å². The molecule has 100 valence electrons. The average Bonchev–Trinajstić information content (AvgIpc) is 3.34. The van der Waals surface area contributed by atoms with E-state index in [0.29, 0.717) is 18.5 Å². The Morgan fingerprint density at radius 1 is 1.32 bits per heavy atom. The van der Waals surface area contributed by atoms with Crippen molar-refractivity contribution in [3.05, 3.63) is 29.9 Å². The van der Waals surface area contributed by atoms with Gasteiger partial charge in [0.1, 0.15) is 0 Å². The van der Waals surface area contributed by atoms with Gasteiger partial charge in [-0.25, -0.2) is 4.98 Å². The zero-order valence-electron chi connectivity index (χ0n) is 10.7. The second-order valence-electron chi connectivity index (χ2n) is 5.52. The lowest BCUT2D eigenvalue weighted by Crippen LogP contribution is -2.15. The highest BCUT2D eigenvalue weighted by molar-refractivity contribution is 5.03. The van der Waals surface area contributed by atoms with Crippen LogP contribution >= 0.6 is 0 Å². The van der Waals surface area contributed by atoms with E-state index in [1.807, 2.05) is 17.1 Å². The van der Waals surface area contributed by atoms with Crippen LogP contribution in [0.1, 0.15) is 49.0 Å². The second-order valence-corrected chi connectivity index (χ2v) is 5.52. The third-order valence-electron chi connectivity index (χ3n) is 3.57. The fourth-order valence-corrected chi connectivity index (χ4v) is 2.11. The molecule has 0 saturated heterocycles. The molecule has 0 amide bonds. The van der Waals surface area contributed by atoms with Gasteiger partial charge in [0, 0.05) is 24.7 Å². The third kappa shape index (κ3) is 2.68. The van der Waals surface area contributed by atoms with Crippen LogP contribution in [0.4, 0.5) is 0 Å². The molecule has 2 fully saturated rings. The summed E-state index contributed by atoms with van der Waals surface area (Å²) in [7, 11) is 0. The minimum Gasteiger partial charge on any atom is -0.339 e. The minimum absolute atomic E-state index is 0.516. The SMILES string of the molecule is c1nc(CNC2CC2)cn1Cc1noc(C2CC2)n1. The van der Waals surface area contributed by atoms with Crippen LogP contribution in [0.2, 0.25) is 0 Å². The lowest BCUT2D eigenvalue weighted by Gasteiger charge is -1.98. The highest BCUT2D eigenvalue weighted by Crippen LogP contribution is 2.38. The summed E-state index contributed by atoms with van der Waals surface area (Å²) >= 11 is 0. The van der Waals surface area contributed by atoms with Gasteiger partial charge in [0.2, 0.25) is 5.89 Å². The smallest absolute Gasteiger partial charge is 0.229 e. The standard InChI is InChI=1S/C13H17N5O/c1-2-9(1)13-16-12(17-19-13)7-18-6-11(15-8-18)5-14-10-3-4-10/h6,8-10,14H,1-5,7H2. The Labute approximate surface area is 111 Å². The molecule has 2 heterocycles. The number of hydrogen-bond donors (Lipinski definition) is 1. The Morgan fingerprint density at radius 3 is 3.00 bits per heavy atom. The van der Waals surface area contributed by atoms with Gasteiger partial charge in [0.25, 0.3) is 0 Å². The number of imidazole rings is 1. The first-order valence-corrected chi connectivity index (χ1v) is 6.93. The zero-order chi connectivity index (χ0) is 12.7. The molecule has 1 N–H and O–H groups in total. The van der Waals surface area contributed by atoms with Gasteiger partial charge in [0.05, 0.1) is 18.6 Å². The summed E-state index contributed by atoms with van der Waals surface area (Å²) in [4.78, 5) is 8.80. The third-order valence-corrected chi connectivity index (χ3v) is 3.57. The van der Waals surface area contributed by atoms with E-state index in [0.717, 1.165) is 24.0 Å². The van der Waals surface area contributed by atoms with Crippen molar-refractivity contribution in [2.24, 2.45) is 0 Å². The van der Waals surface area contributed by atoms with E-state index < -0.39 is 0 Å². The summed E-state index contributed by atoms with van der Waals surface area (Å²) in [5, 5.41) is 7.47. The predicted octanol–water partition coefficient (Wildman–Crippen LogP) is 1.44. The van der Waals surface area contributed by atoms with Crippen LogP contribution in [0, 0.1) is 0 Å². The fraction of sp³-hybridized carbons (Fsp3) is 0.615. The molecule has 2 aromatic rings. The second kappa shape index (κ2) is 4.45. The van der Waals surface area contributed by atoms with Crippen LogP contribution in [-0.2, 0) is 13.1 Å². The van der Waals surface area contributed by atoms with E-state index in [1.54, 1.807) is 0 Å². The van der Waals surface area contributed by atoms with Gasteiger partial charge in [-0.15, -0.1) is 0 Å². The van der Waals surface area contributed by atoms with Crippen molar-refractivity contribution in [3.8, 4) is 0 Å². The summed E-state index contributed by atoms with van der Waals surface area (Å²) < 4.78 is 7.25. The van der Waals surface area contributed by atoms with Gasteiger partial charge < -0.3 is 14.4 Å². The van der Waals surface area contributed by atoms with Gasteiger partial charge >= 0.3 is 0 Å². The van der Waals surface area contributed by atoms with Crippen LogP contribution in [0.3, 0.4) is 0 Å². The number of rotatable bonds is 6. The van der Waals surface area contributed by atoms with E-state index in [4.69, 9.17) is 4.52 Å². The molecule has 0 radical (unpaired) electrons. The van der Waals surface area contributed by atoms with E-state index in [9.17, 15) is 0 Å². The van der Waals surface area contributed by atoms with E-state index in [-0.39, 0.29) is 0 Å². The molecular formula is C13H17N5O. The summed E-state index contributed by atoms with van der Waals surface area (Å²) in [6.07, 6.45) is 8.84. The van der Waals surface area contributed by atoms with Gasteiger partial charge in [-0.1, -0.05) is 5.16 Å². The maximum Gasteiger partial charge on any atom is 0.229 e. The maximum absolute atomic E-state index is 5.25. The molecule has 0 spiro atoms. The van der Waals surface area contributed by atoms with E-state index in [1.165, 1.54) is 25.7 Å². The van der Waals surface area contributed by atoms with Crippen molar-refractivity contribution in [2.45, 2.75) is 50.7 Å². The molecule has 6 nitrogen and oxygen atoms in total. The van der Waals surface area contributed by atoms with E-state index in [2.05, 4.69) is 20.4 Å². The van der Waals surface area contributed by atoms with Gasteiger partial charge in [-0.2, -0.15) is 4.98 Å². The molecule has 4 rings (SSSR count). The monoisotopic (exact) mass is 259 g/mol. The largest absolute Gasteiger partial charge is 0.339 e. The van der Waals surface area contributed by atoms with Crippen LogP contribution in [-0.4, -0.2) is 25.7 Å². The molecule has 2 aromatic heterocycles. The van der Waals surface area contributed by atoms with Crippen LogP contribution in [0.5, 0.6) is 0 Å². The van der Waals surface area contributed by atoms with Crippen molar-refractivity contribution in [3.63, 3.8) is 0 Å². The number of hydrogen-bond acceptors (Lipinski definition) is 5. The average molecular weight is 259 g/mol. The van der Waals surface area contributed by atoms with Crippen LogP contribution in [0.25, 0.3) is 0 Å². The Morgan fingerprint density at radius 2 is 2.21 bits per heavy atom. The first-order valence-electron chi connectivity index (χ1n) is 6.93. The molecule has 0 unspecified atom stereocenters. The Bertz CT molecular complexity index is 567. The lowest BCUT2D eigenvalue weighted by molar-refractivity contribution is 0.373. The highest BCUT2D eigenvalue weighted by Gasteiger charge is 2.29. The summed E-state index contributed by atoms with van der Waals surface area (Å²) in [5.41, 5.74) is 1.07. The molecule has 0 bridgehead atoms. The van der Waals surface area contributed by atoms with Crippen molar-refractivity contribution in [1.29, 1.82) is 0 Å². The summed E-state index contributed by atoms with van der Waals surface area (Å²) in [6.45, 7) is 1.48. The van der Waals surface area contributed by atoms with Crippen LogP contribution < -0.4 is 5.32 Å². The zero-order valence-corrected chi connectivity index (χ0v) is 10.7. The molecular weight excluding hydrogens is 242 g/mol. The van der Waals surface area contributed by atoms with Crippen molar-refractivity contribution in [2.75, 3.05) is 0 Å². The van der Waals surface area contributed by atoms with Crippen molar-refractivity contribution >= 4 is 0 Å². The topological polar surface area (TPSA) is 68.8 Å². The normalized spacial score (nSPS) is 18.9. The molecule has 6 heteroatoms. The van der Waals surface area contributed by atoms with Crippen LogP contribution in [0.15, 0.2) is 17.0 Å². The molecule has 0 aromatic carbocycles. The molecule has 2 aliphatic rings. The Kier molecular flexibility index (Phi) is 2.61. The molecule has 0 atom stereocenters. The number of nitrogens with zero attached hydrogens (tertiary/aromatic N) is 4. The molecule has 2 saturated carbocycles. The van der Waals surface area contributed by atoms with Gasteiger partial charge in [0.15, 0.2) is 5.82 Å². The summed E-state index contributed by atoms with van der Waals surface area (Å²) in [6, 6.07) is 0.712. The molecule has 19 heavy (non-hydrogen) atoms. The highest BCUT2D eigenvalue weighted by atomic mass is 16.5. The van der Waals surface area contributed by atoms with E-state index >= 15 is 0 Å². The first-order chi connectivity index (χ1) is 9.37. The minimum atomic E-state index is 0.516. The summed E-state index contributed by atoms with van der Waals surface area (Å²) in [5.74, 6) is 2.05. The van der Waals surface area contributed by atoms with Crippen molar-refractivity contribution in [1.82, 2.24) is 25.0 Å². The predicted molar refractivity (Wildman–Crippen MR) is 67.5 cm³/mol. The molecule has 0 aliphatic heterocycles. The van der Waals surface area contributed by atoms with Gasteiger partial charge in [-0.05, 0) is 25.7 Å². The van der Waals surface area contributed by atoms with Gasteiger partial charge in [-0.3, -0.25) is 0 Å². The number of nitrogens with one attached hydrogen (secondary N) is 1. The fourth-order valence-electron chi connectivity index (χ4n) is 2.11. The Hall–Kier alpha value is -1.69. The Balaban J connectivity index is 1.37. The molecule has 2 aliphatic carbocycles. The lowest BCUT2D eigenvalue weighted by atomic mass is 10.4. The number of aromatic nitrogens is 4.